The van der Waals surface area contributed by atoms with E-state index >= 15 is 0 Å². The lowest BCUT2D eigenvalue weighted by Crippen LogP contribution is -2.42. The molecule has 1 N–H and O–H groups in total. The second-order valence-electron chi connectivity index (χ2n) is 7.16. The van der Waals surface area contributed by atoms with Crippen LogP contribution in [-0.2, 0) is 9.84 Å². The molecule has 3 aliphatic rings. The Balaban J connectivity index is 1.74. The molecule has 0 aromatic carbocycles. The van der Waals surface area contributed by atoms with Crippen molar-refractivity contribution in [3.8, 4) is 0 Å². The van der Waals surface area contributed by atoms with Crippen LogP contribution < -0.4 is 5.32 Å². The van der Waals surface area contributed by atoms with Crippen LogP contribution in [0.15, 0.2) is 0 Å². The van der Waals surface area contributed by atoms with Crippen LogP contribution in [-0.4, -0.2) is 32.5 Å². The molecule has 0 bridgehead atoms. The first kappa shape index (κ1) is 12.9. The Labute approximate surface area is 111 Å². The normalized spacial score (nSPS) is 45.4. The summed E-state index contributed by atoms with van der Waals surface area (Å²) in [6.45, 7) is 5.38. The lowest BCUT2D eigenvalue weighted by Gasteiger charge is -2.37. The van der Waals surface area contributed by atoms with Crippen molar-refractivity contribution < 1.29 is 8.42 Å². The van der Waals surface area contributed by atoms with Gasteiger partial charge in [0.1, 0.15) is 0 Å². The van der Waals surface area contributed by atoms with Gasteiger partial charge in [-0.3, -0.25) is 0 Å². The minimum Gasteiger partial charge on any atom is -0.314 e. The summed E-state index contributed by atoms with van der Waals surface area (Å²) in [5, 5.41) is 3.58. The smallest absolute Gasteiger partial charge is 0.150 e. The second-order valence-corrected chi connectivity index (χ2v) is 9.39. The van der Waals surface area contributed by atoms with Gasteiger partial charge in [-0.1, -0.05) is 13.8 Å². The first-order chi connectivity index (χ1) is 8.40. The Morgan fingerprint density at radius 2 is 1.94 bits per heavy atom. The Hall–Kier alpha value is -0.0900. The molecule has 0 spiro atoms. The predicted octanol–water partition coefficient (Wildman–Crippen LogP) is 1.84. The molecule has 2 aliphatic carbocycles. The minimum absolute atomic E-state index is 0.293. The quantitative estimate of drug-likeness (QED) is 0.848. The number of nitrogens with one attached hydrogen (secondary N) is 1. The summed E-state index contributed by atoms with van der Waals surface area (Å²) in [5.74, 6) is 3.13. The van der Waals surface area contributed by atoms with Crippen molar-refractivity contribution in [1.29, 1.82) is 0 Å². The lowest BCUT2D eigenvalue weighted by molar-refractivity contribution is 0.154. The molecule has 1 saturated heterocycles. The molecule has 4 heteroatoms. The molecule has 3 nitrogen and oxygen atoms in total. The van der Waals surface area contributed by atoms with Gasteiger partial charge in [0.05, 0.1) is 11.5 Å². The summed E-state index contributed by atoms with van der Waals surface area (Å²) in [6.07, 6.45) is 4.86. The number of fused-ring (bicyclic) bond motifs is 1. The largest absolute Gasteiger partial charge is 0.314 e. The van der Waals surface area contributed by atoms with E-state index < -0.39 is 9.84 Å². The fourth-order valence-electron chi connectivity index (χ4n) is 4.25. The molecule has 3 unspecified atom stereocenters. The van der Waals surface area contributed by atoms with Gasteiger partial charge in [-0.2, -0.15) is 0 Å². The van der Waals surface area contributed by atoms with Gasteiger partial charge in [0, 0.05) is 12.6 Å². The van der Waals surface area contributed by atoms with Crippen LogP contribution in [0.5, 0.6) is 0 Å². The number of hydrogen-bond acceptors (Lipinski definition) is 3. The summed E-state index contributed by atoms with van der Waals surface area (Å²) in [5.41, 5.74) is 0.293. The first-order valence-corrected chi connectivity index (χ1v) is 9.16. The summed E-state index contributed by atoms with van der Waals surface area (Å²) >= 11 is 0. The van der Waals surface area contributed by atoms with Gasteiger partial charge in [-0.15, -0.1) is 0 Å². The average molecular weight is 271 g/mol. The van der Waals surface area contributed by atoms with Gasteiger partial charge in [-0.05, 0) is 48.9 Å². The van der Waals surface area contributed by atoms with E-state index in [1.54, 1.807) is 0 Å². The maximum Gasteiger partial charge on any atom is 0.150 e. The molecule has 3 atom stereocenters. The highest BCUT2D eigenvalue weighted by Crippen LogP contribution is 2.63. The molecular weight excluding hydrogens is 246 g/mol. The van der Waals surface area contributed by atoms with Gasteiger partial charge < -0.3 is 5.32 Å². The fourth-order valence-corrected chi connectivity index (χ4v) is 6.19. The standard InChI is InChI=1S/C14H25NO2S/c1-10(2)15-9-14(6-11-5-12(11)7-14)13-3-4-18(16,17)8-13/h10-13,15H,3-9H2,1-2H3. The topological polar surface area (TPSA) is 46.2 Å². The maximum atomic E-state index is 11.8. The van der Waals surface area contributed by atoms with Gasteiger partial charge in [0.25, 0.3) is 0 Å². The van der Waals surface area contributed by atoms with Crippen molar-refractivity contribution in [3.05, 3.63) is 0 Å². The predicted molar refractivity (Wildman–Crippen MR) is 73.2 cm³/mol. The van der Waals surface area contributed by atoms with E-state index in [2.05, 4.69) is 19.2 Å². The number of rotatable bonds is 4. The molecular formula is C14H25NO2S. The zero-order valence-electron chi connectivity index (χ0n) is 11.5. The average Bonchev–Trinajstić information content (AvgIpc) is 2.71. The number of hydrogen-bond donors (Lipinski definition) is 1. The van der Waals surface area contributed by atoms with Gasteiger partial charge in [0.15, 0.2) is 9.84 Å². The minimum atomic E-state index is -2.74. The molecule has 3 rings (SSSR count). The molecule has 0 aromatic heterocycles. The van der Waals surface area contributed by atoms with Gasteiger partial charge in [-0.25, -0.2) is 8.42 Å². The molecule has 0 aromatic rings. The van der Waals surface area contributed by atoms with Crippen molar-refractivity contribution in [1.82, 2.24) is 5.32 Å². The molecule has 1 heterocycles. The molecule has 1 aliphatic heterocycles. The van der Waals surface area contributed by atoms with E-state index in [-0.39, 0.29) is 0 Å². The second kappa shape index (κ2) is 4.20. The van der Waals surface area contributed by atoms with E-state index in [4.69, 9.17) is 0 Å². The SMILES string of the molecule is CC(C)NCC1(C2CCS(=O)(=O)C2)CC2CC2C1. The van der Waals surface area contributed by atoms with Crippen LogP contribution in [0, 0.1) is 23.2 Å². The highest BCUT2D eigenvalue weighted by Gasteiger charge is 2.57. The Kier molecular flexibility index (Phi) is 3.02. The molecule has 0 radical (unpaired) electrons. The van der Waals surface area contributed by atoms with Crippen LogP contribution in [0.3, 0.4) is 0 Å². The van der Waals surface area contributed by atoms with Crippen molar-refractivity contribution in [2.24, 2.45) is 23.2 Å². The van der Waals surface area contributed by atoms with Crippen molar-refractivity contribution in [3.63, 3.8) is 0 Å². The van der Waals surface area contributed by atoms with E-state index in [1.165, 1.54) is 19.3 Å². The zero-order valence-corrected chi connectivity index (χ0v) is 12.3. The van der Waals surface area contributed by atoms with Crippen LogP contribution in [0.1, 0.15) is 39.5 Å². The number of sulfone groups is 1. The van der Waals surface area contributed by atoms with Crippen LogP contribution in [0.25, 0.3) is 0 Å². The first-order valence-electron chi connectivity index (χ1n) is 7.34. The molecule has 18 heavy (non-hydrogen) atoms. The van der Waals surface area contributed by atoms with E-state index in [9.17, 15) is 8.42 Å². The molecule has 3 fully saturated rings. The van der Waals surface area contributed by atoms with Gasteiger partial charge >= 0.3 is 0 Å². The van der Waals surface area contributed by atoms with Crippen LogP contribution >= 0.6 is 0 Å². The highest BCUT2D eigenvalue weighted by atomic mass is 32.2. The van der Waals surface area contributed by atoms with Crippen molar-refractivity contribution in [2.75, 3.05) is 18.1 Å². The zero-order chi connectivity index (χ0) is 13.0. The van der Waals surface area contributed by atoms with E-state index in [0.29, 0.717) is 28.9 Å². The summed E-state index contributed by atoms with van der Waals surface area (Å²) in [6, 6.07) is 0.497. The Bertz CT molecular complexity index is 419. The Morgan fingerprint density at radius 3 is 2.44 bits per heavy atom. The van der Waals surface area contributed by atoms with E-state index in [0.717, 1.165) is 24.8 Å². The summed E-state index contributed by atoms with van der Waals surface area (Å²) < 4.78 is 23.5. The van der Waals surface area contributed by atoms with Crippen LogP contribution in [0.2, 0.25) is 0 Å². The van der Waals surface area contributed by atoms with E-state index in [1.807, 2.05) is 0 Å². The Morgan fingerprint density at radius 1 is 1.28 bits per heavy atom. The summed E-state index contributed by atoms with van der Waals surface area (Å²) in [7, 11) is -2.74. The summed E-state index contributed by atoms with van der Waals surface area (Å²) in [4.78, 5) is 0. The van der Waals surface area contributed by atoms with Crippen molar-refractivity contribution >= 4 is 9.84 Å². The van der Waals surface area contributed by atoms with Crippen LogP contribution in [0.4, 0.5) is 0 Å². The third-order valence-corrected chi connectivity index (χ3v) is 7.14. The molecule has 104 valence electrons. The molecule has 0 amide bonds. The van der Waals surface area contributed by atoms with Gasteiger partial charge in [0.2, 0.25) is 0 Å². The van der Waals surface area contributed by atoms with Crippen molar-refractivity contribution in [2.45, 2.75) is 45.6 Å². The highest BCUT2D eigenvalue weighted by molar-refractivity contribution is 7.91. The maximum absolute atomic E-state index is 11.8. The monoisotopic (exact) mass is 271 g/mol. The third kappa shape index (κ3) is 2.34. The third-order valence-electron chi connectivity index (χ3n) is 5.37. The fraction of sp³-hybridized carbons (Fsp3) is 1.00. The molecule has 2 saturated carbocycles. The lowest BCUT2D eigenvalue weighted by atomic mass is 9.71.